The zero-order valence-electron chi connectivity index (χ0n) is 9.97. The number of fused-ring (bicyclic) bond motifs is 2. The van der Waals surface area contributed by atoms with Gasteiger partial charge in [-0.2, -0.15) is 0 Å². The number of carbonyl (C=O) groups is 1. The summed E-state index contributed by atoms with van der Waals surface area (Å²) in [5.41, 5.74) is 2.76. The minimum absolute atomic E-state index is 0.347. The predicted molar refractivity (Wildman–Crippen MR) is 67.1 cm³/mol. The van der Waals surface area contributed by atoms with E-state index in [9.17, 15) is 4.79 Å². The Hall–Kier alpha value is -2.29. The quantitative estimate of drug-likeness (QED) is 0.613. The highest BCUT2D eigenvalue weighted by molar-refractivity contribution is 5.90. The second-order valence-corrected chi connectivity index (χ2v) is 4.20. The van der Waals surface area contributed by atoms with Gasteiger partial charge >= 0.3 is 5.97 Å². The van der Waals surface area contributed by atoms with Gasteiger partial charge in [-0.15, -0.1) is 0 Å². The van der Waals surface area contributed by atoms with Crippen LogP contribution in [0.15, 0.2) is 42.5 Å². The van der Waals surface area contributed by atoms with E-state index in [1.165, 1.54) is 7.11 Å². The van der Waals surface area contributed by atoms with Gasteiger partial charge in [-0.05, 0) is 29.3 Å². The van der Waals surface area contributed by atoms with Crippen LogP contribution in [0.25, 0.3) is 0 Å². The van der Waals surface area contributed by atoms with Crippen molar-refractivity contribution in [1.29, 1.82) is 0 Å². The molecule has 90 valence electrons. The largest absolute Gasteiger partial charge is 0.465 e. The number of esters is 1. The van der Waals surface area contributed by atoms with E-state index in [1.54, 1.807) is 12.1 Å². The lowest BCUT2D eigenvalue weighted by molar-refractivity contribution is 0.0600. The molecule has 2 aromatic carbocycles. The molecule has 0 atom stereocenters. The van der Waals surface area contributed by atoms with Gasteiger partial charge in [0.25, 0.3) is 0 Å². The maximum Gasteiger partial charge on any atom is 0.337 e. The summed E-state index contributed by atoms with van der Waals surface area (Å²) in [6, 6.07) is 13.3. The van der Waals surface area contributed by atoms with Crippen molar-refractivity contribution >= 4 is 5.97 Å². The highest BCUT2D eigenvalue weighted by Gasteiger charge is 2.18. The standard InChI is InChI=1S/C15H12O3/c1-17-15(16)12-7-6-11-8-10-4-2-3-5-13(10)18-14(11)9-12/h2-7,9H,8H2,1H3. The summed E-state index contributed by atoms with van der Waals surface area (Å²) in [6.07, 6.45) is 0.826. The molecule has 0 amide bonds. The van der Waals surface area contributed by atoms with Crippen LogP contribution >= 0.6 is 0 Å². The Bertz CT molecular complexity index is 617. The Morgan fingerprint density at radius 2 is 1.89 bits per heavy atom. The fourth-order valence-corrected chi connectivity index (χ4v) is 2.11. The molecule has 0 saturated heterocycles. The molecule has 0 bridgehead atoms. The molecular weight excluding hydrogens is 228 g/mol. The molecule has 18 heavy (non-hydrogen) atoms. The lowest BCUT2D eigenvalue weighted by Gasteiger charge is -2.20. The van der Waals surface area contributed by atoms with E-state index in [2.05, 4.69) is 0 Å². The molecule has 1 heterocycles. The first-order valence-corrected chi connectivity index (χ1v) is 5.75. The second-order valence-electron chi connectivity index (χ2n) is 4.20. The van der Waals surface area contributed by atoms with Crippen LogP contribution < -0.4 is 4.74 Å². The summed E-state index contributed by atoms with van der Waals surface area (Å²) < 4.78 is 10.5. The third-order valence-electron chi connectivity index (χ3n) is 3.06. The zero-order chi connectivity index (χ0) is 12.5. The zero-order valence-corrected chi connectivity index (χ0v) is 9.97. The molecule has 3 nitrogen and oxygen atoms in total. The monoisotopic (exact) mass is 240 g/mol. The number of carbonyl (C=O) groups excluding carboxylic acids is 1. The minimum atomic E-state index is -0.347. The summed E-state index contributed by atoms with van der Waals surface area (Å²) in [6.45, 7) is 0. The third kappa shape index (κ3) is 1.74. The van der Waals surface area contributed by atoms with Crippen molar-refractivity contribution in [3.05, 3.63) is 59.2 Å². The van der Waals surface area contributed by atoms with Crippen molar-refractivity contribution in [2.75, 3.05) is 7.11 Å². The number of ether oxygens (including phenoxy) is 2. The summed E-state index contributed by atoms with van der Waals surface area (Å²) in [5.74, 6) is 1.24. The van der Waals surface area contributed by atoms with Gasteiger partial charge in [0.1, 0.15) is 11.5 Å². The summed E-state index contributed by atoms with van der Waals surface area (Å²) >= 11 is 0. The maximum absolute atomic E-state index is 11.5. The molecule has 0 unspecified atom stereocenters. The maximum atomic E-state index is 11.5. The van der Waals surface area contributed by atoms with Crippen LogP contribution in [0.4, 0.5) is 0 Å². The summed E-state index contributed by atoms with van der Waals surface area (Å²) in [4.78, 5) is 11.5. The van der Waals surface area contributed by atoms with E-state index in [-0.39, 0.29) is 5.97 Å². The predicted octanol–water partition coefficient (Wildman–Crippen LogP) is 3.17. The molecule has 3 rings (SSSR count). The summed E-state index contributed by atoms with van der Waals surface area (Å²) in [7, 11) is 1.37. The average molecular weight is 240 g/mol. The average Bonchev–Trinajstić information content (AvgIpc) is 2.43. The van der Waals surface area contributed by atoms with Gasteiger partial charge in [-0.1, -0.05) is 24.3 Å². The Morgan fingerprint density at radius 1 is 1.11 bits per heavy atom. The van der Waals surface area contributed by atoms with E-state index in [0.717, 1.165) is 29.0 Å². The first-order valence-electron chi connectivity index (χ1n) is 5.75. The fraction of sp³-hybridized carbons (Fsp3) is 0.133. The van der Waals surface area contributed by atoms with Gasteiger partial charge in [0, 0.05) is 6.42 Å². The SMILES string of the molecule is COC(=O)c1ccc2c(c1)Oc1ccccc1C2. The summed E-state index contributed by atoms with van der Waals surface area (Å²) in [5, 5.41) is 0. The molecule has 0 spiro atoms. The Labute approximate surface area is 105 Å². The van der Waals surface area contributed by atoms with E-state index in [0.29, 0.717) is 5.56 Å². The van der Waals surface area contributed by atoms with E-state index in [4.69, 9.17) is 9.47 Å². The second kappa shape index (κ2) is 4.18. The third-order valence-corrected chi connectivity index (χ3v) is 3.06. The molecule has 2 aromatic rings. The number of methoxy groups -OCH3 is 1. The fourth-order valence-electron chi connectivity index (χ4n) is 2.11. The molecule has 0 aliphatic carbocycles. The first kappa shape index (κ1) is 10.8. The van der Waals surface area contributed by atoms with Gasteiger partial charge in [-0.25, -0.2) is 4.79 Å². The number of hydrogen-bond donors (Lipinski definition) is 0. The van der Waals surface area contributed by atoms with Gasteiger partial charge in [0.2, 0.25) is 0 Å². The lowest BCUT2D eigenvalue weighted by atomic mass is 9.99. The molecule has 1 aliphatic rings. The van der Waals surface area contributed by atoms with E-state index >= 15 is 0 Å². The van der Waals surface area contributed by atoms with Crippen molar-refractivity contribution in [1.82, 2.24) is 0 Å². The van der Waals surface area contributed by atoms with Gasteiger partial charge in [0.15, 0.2) is 0 Å². The normalized spacial score (nSPS) is 12.1. The van der Waals surface area contributed by atoms with Crippen molar-refractivity contribution in [3.8, 4) is 11.5 Å². The van der Waals surface area contributed by atoms with Gasteiger partial charge < -0.3 is 9.47 Å². The Balaban J connectivity index is 2.01. The van der Waals surface area contributed by atoms with Gasteiger partial charge in [-0.3, -0.25) is 0 Å². The van der Waals surface area contributed by atoms with Gasteiger partial charge in [0.05, 0.1) is 12.7 Å². The van der Waals surface area contributed by atoms with Crippen molar-refractivity contribution in [2.24, 2.45) is 0 Å². The first-order chi connectivity index (χ1) is 8.78. The van der Waals surface area contributed by atoms with Crippen molar-refractivity contribution < 1.29 is 14.3 Å². The number of benzene rings is 2. The van der Waals surface area contributed by atoms with E-state index in [1.807, 2.05) is 30.3 Å². The molecule has 1 aliphatic heterocycles. The number of hydrogen-bond acceptors (Lipinski definition) is 3. The van der Waals surface area contributed by atoms with Crippen LogP contribution in [-0.4, -0.2) is 13.1 Å². The number of para-hydroxylation sites is 1. The van der Waals surface area contributed by atoms with Crippen LogP contribution in [0, 0.1) is 0 Å². The smallest absolute Gasteiger partial charge is 0.337 e. The molecule has 0 radical (unpaired) electrons. The van der Waals surface area contributed by atoms with E-state index < -0.39 is 0 Å². The van der Waals surface area contributed by atoms with Crippen LogP contribution in [0.5, 0.6) is 11.5 Å². The molecule has 0 saturated carbocycles. The molecular formula is C15H12O3. The molecule has 0 aromatic heterocycles. The van der Waals surface area contributed by atoms with Crippen LogP contribution in [-0.2, 0) is 11.2 Å². The van der Waals surface area contributed by atoms with Crippen LogP contribution in [0.2, 0.25) is 0 Å². The molecule has 0 fully saturated rings. The topological polar surface area (TPSA) is 35.5 Å². The Kier molecular flexibility index (Phi) is 2.52. The highest BCUT2D eigenvalue weighted by Crippen LogP contribution is 2.36. The molecule has 0 N–H and O–H groups in total. The Morgan fingerprint density at radius 3 is 2.72 bits per heavy atom. The van der Waals surface area contributed by atoms with Crippen molar-refractivity contribution in [2.45, 2.75) is 6.42 Å². The van der Waals surface area contributed by atoms with Crippen molar-refractivity contribution in [3.63, 3.8) is 0 Å². The number of rotatable bonds is 1. The van der Waals surface area contributed by atoms with Crippen LogP contribution in [0.1, 0.15) is 21.5 Å². The minimum Gasteiger partial charge on any atom is -0.465 e. The lowest BCUT2D eigenvalue weighted by Crippen LogP contribution is -2.06. The highest BCUT2D eigenvalue weighted by atomic mass is 16.5. The molecule has 3 heteroatoms. The van der Waals surface area contributed by atoms with Crippen LogP contribution in [0.3, 0.4) is 0 Å².